The molecular formula is C16H18N4O3S. The maximum Gasteiger partial charge on any atom is 0.233 e. The Labute approximate surface area is 140 Å². The predicted octanol–water partition coefficient (Wildman–Crippen LogP) is 2.03. The number of nitrogens with one attached hydrogen (secondary N) is 1. The Bertz CT molecular complexity index is 949. The molecule has 7 nitrogen and oxygen atoms in total. The second kappa shape index (κ2) is 6.48. The minimum absolute atomic E-state index is 0.0199. The summed E-state index contributed by atoms with van der Waals surface area (Å²) in [5, 5.41) is 4.02. The minimum Gasteiger partial charge on any atom is -0.497 e. The van der Waals surface area contributed by atoms with E-state index < -0.39 is 10.0 Å². The SMILES string of the molecule is COc1ccc(CCS(=O)(=O)Nc2c(C)ccn3ncnc23)cc1. The van der Waals surface area contributed by atoms with Crippen molar-refractivity contribution in [1.29, 1.82) is 0 Å². The number of hydrogen-bond donors (Lipinski definition) is 1. The number of sulfonamides is 1. The number of methoxy groups -OCH3 is 1. The fourth-order valence-corrected chi connectivity index (χ4v) is 3.53. The number of nitrogens with zero attached hydrogens (tertiary/aromatic N) is 3. The molecule has 0 aliphatic carbocycles. The summed E-state index contributed by atoms with van der Waals surface area (Å²) in [6.45, 7) is 1.83. The van der Waals surface area contributed by atoms with Gasteiger partial charge in [0.1, 0.15) is 12.1 Å². The highest BCUT2D eigenvalue weighted by Crippen LogP contribution is 2.21. The molecule has 0 unspecified atom stereocenters. The molecule has 126 valence electrons. The molecule has 0 fully saturated rings. The van der Waals surface area contributed by atoms with E-state index in [1.807, 2.05) is 31.2 Å². The number of fused-ring (bicyclic) bond motifs is 1. The largest absolute Gasteiger partial charge is 0.497 e. The second-order valence-corrected chi connectivity index (χ2v) is 7.26. The van der Waals surface area contributed by atoms with Crippen molar-refractivity contribution in [2.45, 2.75) is 13.3 Å². The average molecular weight is 346 g/mol. The van der Waals surface area contributed by atoms with Gasteiger partial charge in [0, 0.05) is 6.20 Å². The normalized spacial score (nSPS) is 11.6. The molecule has 1 aromatic carbocycles. The summed E-state index contributed by atoms with van der Waals surface area (Å²) in [6, 6.07) is 9.15. The number of pyridine rings is 1. The van der Waals surface area contributed by atoms with Crippen molar-refractivity contribution < 1.29 is 13.2 Å². The first-order valence-corrected chi connectivity index (χ1v) is 9.06. The summed E-state index contributed by atoms with van der Waals surface area (Å²) < 4.78 is 34.1. The van der Waals surface area contributed by atoms with Crippen LogP contribution in [0.25, 0.3) is 5.65 Å². The molecule has 0 saturated heterocycles. The molecule has 0 spiro atoms. The Morgan fingerprint density at radius 3 is 2.67 bits per heavy atom. The van der Waals surface area contributed by atoms with E-state index in [1.54, 1.807) is 19.4 Å². The molecular weight excluding hydrogens is 328 g/mol. The van der Waals surface area contributed by atoms with Gasteiger partial charge in [0.25, 0.3) is 0 Å². The number of anilines is 1. The van der Waals surface area contributed by atoms with Crippen molar-refractivity contribution in [3.05, 3.63) is 54.0 Å². The Morgan fingerprint density at radius 2 is 1.96 bits per heavy atom. The topological polar surface area (TPSA) is 85.6 Å². The van der Waals surface area contributed by atoms with Crippen LogP contribution in [0.15, 0.2) is 42.9 Å². The first-order valence-electron chi connectivity index (χ1n) is 7.41. The molecule has 1 N–H and O–H groups in total. The Morgan fingerprint density at radius 1 is 1.21 bits per heavy atom. The van der Waals surface area contributed by atoms with Gasteiger partial charge in [-0.3, -0.25) is 4.72 Å². The van der Waals surface area contributed by atoms with Gasteiger partial charge in [-0.25, -0.2) is 17.9 Å². The maximum absolute atomic E-state index is 12.4. The third-order valence-electron chi connectivity index (χ3n) is 3.73. The van der Waals surface area contributed by atoms with E-state index in [0.717, 1.165) is 16.9 Å². The average Bonchev–Trinajstić information content (AvgIpc) is 3.05. The number of aryl methyl sites for hydroxylation is 2. The van der Waals surface area contributed by atoms with Crippen LogP contribution in [0.3, 0.4) is 0 Å². The van der Waals surface area contributed by atoms with Crippen molar-refractivity contribution in [3.8, 4) is 5.75 Å². The van der Waals surface area contributed by atoms with E-state index in [9.17, 15) is 8.42 Å². The third-order valence-corrected chi connectivity index (χ3v) is 4.99. The van der Waals surface area contributed by atoms with Crippen molar-refractivity contribution >= 4 is 21.4 Å². The number of aromatic nitrogens is 3. The Balaban J connectivity index is 1.75. The third kappa shape index (κ3) is 3.48. The Hall–Kier alpha value is -2.61. The molecule has 0 atom stereocenters. The summed E-state index contributed by atoms with van der Waals surface area (Å²) in [7, 11) is -1.91. The van der Waals surface area contributed by atoms with E-state index in [-0.39, 0.29) is 5.75 Å². The van der Waals surface area contributed by atoms with Gasteiger partial charge in [-0.15, -0.1) is 0 Å². The summed E-state index contributed by atoms with van der Waals surface area (Å²) >= 11 is 0. The number of ether oxygens (including phenoxy) is 1. The van der Waals surface area contributed by atoms with Crippen LogP contribution in [-0.4, -0.2) is 35.9 Å². The summed E-state index contributed by atoms with van der Waals surface area (Å²) in [4.78, 5) is 4.11. The Kier molecular flexibility index (Phi) is 4.39. The zero-order chi connectivity index (χ0) is 17.2. The summed E-state index contributed by atoms with van der Waals surface area (Å²) in [6.07, 6.45) is 3.55. The lowest BCUT2D eigenvalue weighted by Crippen LogP contribution is -2.19. The lowest BCUT2D eigenvalue weighted by molar-refractivity contribution is 0.414. The van der Waals surface area contributed by atoms with Crippen LogP contribution < -0.4 is 9.46 Å². The molecule has 2 heterocycles. The van der Waals surface area contributed by atoms with Crippen LogP contribution in [0, 0.1) is 6.92 Å². The predicted molar refractivity (Wildman–Crippen MR) is 91.8 cm³/mol. The van der Waals surface area contributed by atoms with Crippen LogP contribution in [0.1, 0.15) is 11.1 Å². The van der Waals surface area contributed by atoms with Gasteiger partial charge in [0.15, 0.2) is 5.65 Å². The van der Waals surface area contributed by atoms with Crippen molar-refractivity contribution in [2.24, 2.45) is 0 Å². The van der Waals surface area contributed by atoms with Crippen LogP contribution in [0.4, 0.5) is 5.69 Å². The smallest absolute Gasteiger partial charge is 0.233 e. The molecule has 0 aliphatic heterocycles. The minimum atomic E-state index is -3.50. The van der Waals surface area contributed by atoms with Gasteiger partial charge in [0.05, 0.1) is 18.6 Å². The molecule has 3 aromatic rings. The van der Waals surface area contributed by atoms with E-state index in [1.165, 1.54) is 10.8 Å². The monoisotopic (exact) mass is 346 g/mol. The van der Waals surface area contributed by atoms with Crippen molar-refractivity contribution in [3.63, 3.8) is 0 Å². The molecule has 0 saturated carbocycles. The van der Waals surface area contributed by atoms with Gasteiger partial charge >= 0.3 is 0 Å². The van der Waals surface area contributed by atoms with E-state index >= 15 is 0 Å². The van der Waals surface area contributed by atoms with Gasteiger partial charge in [-0.1, -0.05) is 12.1 Å². The quantitative estimate of drug-likeness (QED) is 0.738. The van der Waals surface area contributed by atoms with Crippen LogP contribution >= 0.6 is 0 Å². The standard InChI is InChI=1S/C16H18N4O3S/c1-12-7-9-20-16(17-11-18-20)15(12)19-24(21,22)10-8-13-3-5-14(23-2)6-4-13/h3-7,9,11,19H,8,10H2,1-2H3. The molecule has 3 rings (SSSR count). The molecule has 0 amide bonds. The van der Waals surface area contributed by atoms with Gasteiger partial charge < -0.3 is 4.74 Å². The highest BCUT2D eigenvalue weighted by atomic mass is 32.2. The van der Waals surface area contributed by atoms with Gasteiger partial charge in [-0.05, 0) is 42.7 Å². The first-order chi connectivity index (χ1) is 11.5. The molecule has 0 aliphatic rings. The fraction of sp³-hybridized carbons (Fsp3) is 0.250. The first kappa shape index (κ1) is 16.3. The molecule has 0 bridgehead atoms. The van der Waals surface area contributed by atoms with Crippen LogP contribution in [0.5, 0.6) is 5.75 Å². The number of hydrogen-bond acceptors (Lipinski definition) is 5. The maximum atomic E-state index is 12.4. The highest BCUT2D eigenvalue weighted by Gasteiger charge is 2.16. The second-order valence-electron chi connectivity index (χ2n) is 5.42. The molecule has 2 aromatic heterocycles. The van der Waals surface area contributed by atoms with E-state index in [2.05, 4.69) is 14.8 Å². The van der Waals surface area contributed by atoms with Gasteiger partial charge in [0.2, 0.25) is 10.0 Å². The lowest BCUT2D eigenvalue weighted by Gasteiger charge is -2.11. The van der Waals surface area contributed by atoms with E-state index in [4.69, 9.17) is 4.74 Å². The van der Waals surface area contributed by atoms with Crippen molar-refractivity contribution in [2.75, 3.05) is 17.6 Å². The molecule has 24 heavy (non-hydrogen) atoms. The fourth-order valence-electron chi connectivity index (χ4n) is 2.36. The van der Waals surface area contributed by atoms with Crippen molar-refractivity contribution in [1.82, 2.24) is 14.6 Å². The zero-order valence-electron chi connectivity index (χ0n) is 13.4. The van der Waals surface area contributed by atoms with E-state index in [0.29, 0.717) is 17.8 Å². The molecule has 0 radical (unpaired) electrons. The summed E-state index contributed by atoms with van der Waals surface area (Å²) in [5.41, 5.74) is 2.68. The van der Waals surface area contributed by atoms with Crippen LogP contribution in [0.2, 0.25) is 0 Å². The highest BCUT2D eigenvalue weighted by molar-refractivity contribution is 7.92. The van der Waals surface area contributed by atoms with Gasteiger partial charge in [-0.2, -0.15) is 5.10 Å². The molecule has 8 heteroatoms. The number of benzene rings is 1. The summed E-state index contributed by atoms with van der Waals surface area (Å²) in [5.74, 6) is 0.724. The lowest BCUT2D eigenvalue weighted by atomic mass is 10.2. The van der Waals surface area contributed by atoms with Crippen LogP contribution in [-0.2, 0) is 16.4 Å². The zero-order valence-corrected chi connectivity index (χ0v) is 14.2. The number of rotatable bonds is 6.